The molecule has 0 bridgehead atoms. The van der Waals surface area contributed by atoms with E-state index in [1.165, 1.54) is 6.92 Å². The molecular weight excluding hydrogens is 302 g/mol. The van der Waals surface area contributed by atoms with Gasteiger partial charge in [0.2, 0.25) is 5.91 Å². The quantitative estimate of drug-likeness (QED) is 0.859. The average molecular weight is 321 g/mol. The number of hydrogen-bond donors (Lipinski definition) is 1. The molecule has 0 aliphatic heterocycles. The first kappa shape index (κ1) is 16.2. The van der Waals surface area contributed by atoms with Crippen molar-refractivity contribution >= 4 is 15.7 Å². The number of sulfone groups is 1. The largest absolute Gasteiger partial charge is 0.355 e. The highest BCUT2D eigenvalue weighted by molar-refractivity contribution is 7.92. The van der Waals surface area contributed by atoms with Gasteiger partial charge in [0.25, 0.3) is 0 Å². The number of nitrogens with zero attached hydrogens (tertiary/aromatic N) is 2. The Bertz CT molecular complexity index is 722. The molecule has 0 unspecified atom stereocenters. The predicted molar refractivity (Wildman–Crippen MR) is 84.6 cm³/mol. The van der Waals surface area contributed by atoms with Gasteiger partial charge in [-0.2, -0.15) is 5.10 Å². The Balaban J connectivity index is 1.86. The summed E-state index contributed by atoms with van der Waals surface area (Å²) in [5, 5.41) is 5.77. The van der Waals surface area contributed by atoms with Crippen molar-refractivity contribution in [2.75, 3.05) is 12.8 Å². The number of benzene rings is 1. The highest BCUT2D eigenvalue weighted by atomic mass is 32.2. The predicted octanol–water partition coefficient (Wildman–Crippen LogP) is 0.964. The van der Waals surface area contributed by atoms with Gasteiger partial charge in [-0.15, -0.1) is 0 Å². The first-order chi connectivity index (χ1) is 10.4. The number of hydrogen-bond acceptors (Lipinski definition) is 4. The number of carbonyl (C=O) groups excluding carboxylic acids is 1. The van der Waals surface area contributed by atoms with Gasteiger partial charge in [0.15, 0.2) is 9.84 Å². The third kappa shape index (κ3) is 4.17. The van der Waals surface area contributed by atoms with Gasteiger partial charge in [-0.3, -0.25) is 4.79 Å². The van der Waals surface area contributed by atoms with E-state index in [1.807, 2.05) is 36.5 Å². The van der Waals surface area contributed by atoms with Gasteiger partial charge in [0.1, 0.15) is 5.25 Å². The maximum Gasteiger partial charge on any atom is 0.238 e. The standard InChI is InChI=1S/C15H19N3O3S/c1-12(22(2,20)21)15(19)16-10-8-13-4-6-14(7-5-13)18-11-3-9-17-18/h3-7,9,11-12H,8,10H2,1-2H3,(H,16,19)/t12-/m0/s1. The van der Waals surface area contributed by atoms with Crippen LogP contribution in [0.5, 0.6) is 0 Å². The minimum absolute atomic E-state index is 0.403. The van der Waals surface area contributed by atoms with Crippen molar-refractivity contribution in [2.24, 2.45) is 0 Å². The topological polar surface area (TPSA) is 81.1 Å². The molecule has 0 fully saturated rings. The number of nitrogens with one attached hydrogen (secondary N) is 1. The highest BCUT2D eigenvalue weighted by Crippen LogP contribution is 2.09. The van der Waals surface area contributed by atoms with E-state index in [0.29, 0.717) is 13.0 Å². The molecule has 1 N–H and O–H groups in total. The molecule has 6 nitrogen and oxygen atoms in total. The third-order valence-corrected chi connectivity index (χ3v) is 4.93. The van der Waals surface area contributed by atoms with Crippen molar-refractivity contribution in [3.8, 4) is 5.69 Å². The van der Waals surface area contributed by atoms with Crippen molar-refractivity contribution in [1.82, 2.24) is 15.1 Å². The van der Waals surface area contributed by atoms with Crippen LogP contribution in [-0.2, 0) is 21.1 Å². The van der Waals surface area contributed by atoms with Crippen LogP contribution in [-0.4, -0.2) is 42.2 Å². The molecule has 1 heterocycles. The summed E-state index contributed by atoms with van der Waals surface area (Å²) in [5.74, 6) is -0.462. The molecule has 1 amide bonds. The number of aromatic nitrogens is 2. The number of carbonyl (C=O) groups is 1. The molecule has 118 valence electrons. The minimum atomic E-state index is -3.35. The lowest BCUT2D eigenvalue weighted by Gasteiger charge is -2.10. The van der Waals surface area contributed by atoms with E-state index < -0.39 is 21.0 Å². The summed E-state index contributed by atoms with van der Waals surface area (Å²) in [6, 6.07) is 9.67. The van der Waals surface area contributed by atoms with E-state index in [-0.39, 0.29) is 0 Å². The van der Waals surface area contributed by atoms with Crippen molar-refractivity contribution in [2.45, 2.75) is 18.6 Å². The summed E-state index contributed by atoms with van der Waals surface area (Å²) in [7, 11) is -3.35. The zero-order valence-electron chi connectivity index (χ0n) is 12.6. The van der Waals surface area contributed by atoms with E-state index >= 15 is 0 Å². The second kappa shape index (κ2) is 6.74. The molecule has 0 aliphatic carbocycles. The molecule has 0 spiro atoms. The van der Waals surface area contributed by atoms with Crippen LogP contribution in [0.2, 0.25) is 0 Å². The lowest BCUT2D eigenvalue weighted by Crippen LogP contribution is -2.38. The molecule has 0 saturated heterocycles. The summed E-state index contributed by atoms with van der Waals surface area (Å²) >= 11 is 0. The van der Waals surface area contributed by atoms with Crippen LogP contribution in [0.25, 0.3) is 5.69 Å². The second-order valence-electron chi connectivity index (χ2n) is 5.13. The van der Waals surface area contributed by atoms with Gasteiger partial charge < -0.3 is 5.32 Å². The molecule has 1 atom stereocenters. The molecule has 2 aromatic rings. The summed E-state index contributed by atoms with van der Waals surface area (Å²) < 4.78 is 24.3. The Morgan fingerprint density at radius 2 is 2.00 bits per heavy atom. The summed E-state index contributed by atoms with van der Waals surface area (Å²) in [6.45, 7) is 1.79. The fourth-order valence-electron chi connectivity index (χ4n) is 1.91. The molecule has 0 radical (unpaired) electrons. The summed E-state index contributed by atoms with van der Waals surface area (Å²) in [6.07, 6.45) is 5.28. The molecule has 2 rings (SSSR count). The van der Waals surface area contributed by atoms with Crippen LogP contribution in [0, 0.1) is 0 Å². The van der Waals surface area contributed by atoms with E-state index in [1.54, 1.807) is 10.9 Å². The molecule has 0 aliphatic rings. The van der Waals surface area contributed by atoms with Crippen molar-refractivity contribution < 1.29 is 13.2 Å². The Labute approximate surface area is 130 Å². The SMILES string of the molecule is C[C@@H](C(=O)NCCc1ccc(-n2cccn2)cc1)S(C)(=O)=O. The monoisotopic (exact) mass is 321 g/mol. The van der Waals surface area contributed by atoms with E-state index in [0.717, 1.165) is 17.5 Å². The normalized spacial score (nSPS) is 12.8. The van der Waals surface area contributed by atoms with E-state index in [9.17, 15) is 13.2 Å². The van der Waals surface area contributed by atoms with Gasteiger partial charge in [-0.1, -0.05) is 12.1 Å². The maximum atomic E-state index is 11.7. The number of rotatable bonds is 6. The lowest BCUT2D eigenvalue weighted by molar-refractivity contribution is -0.120. The van der Waals surface area contributed by atoms with Crippen LogP contribution in [0.3, 0.4) is 0 Å². The Morgan fingerprint density at radius 1 is 1.32 bits per heavy atom. The van der Waals surface area contributed by atoms with Crippen LogP contribution in [0.1, 0.15) is 12.5 Å². The van der Waals surface area contributed by atoms with Crippen molar-refractivity contribution in [3.63, 3.8) is 0 Å². The molecule has 7 heteroatoms. The van der Waals surface area contributed by atoms with Gasteiger partial charge in [-0.05, 0) is 37.1 Å². The molecule has 0 saturated carbocycles. The van der Waals surface area contributed by atoms with Crippen LogP contribution in [0.4, 0.5) is 0 Å². The van der Waals surface area contributed by atoms with Gasteiger partial charge in [0.05, 0.1) is 5.69 Å². The van der Waals surface area contributed by atoms with Crippen molar-refractivity contribution in [3.05, 3.63) is 48.3 Å². The van der Waals surface area contributed by atoms with Crippen molar-refractivity contribution in [1.29, 1.82) is 0 Å². The Kier molecular flexibility index (Phi) is 4.97. The highest BCUT2D eigenvalue weighted by Gasteiger charge is 2.22. The van der Waals surface area contributed by atoms with E-state index in [4.69, 9.17) is 0 Å². The van der Waals surface area contributed by atoms with Crippen LogP contribution in [0.15, 0.2) is 42.7 Å². The molecule has 1 aromatic heterocycles. The molecule has 22 heavy (non-hydrogen) atoms. The molecular formula is C15H19N3O3S. The second-order valence-corrected chi connectivity index (χ2v) is 7.50. The summed E-state index contributed by atoms with van der Waals surface area (Å²) in [5.41, 5.74) is 2.02. The lowest BCUT2D eigenvalue weighted by atomic mass is 10.1. The zero-order valence-corrected chi connectivity index (χ0v) is 13.4. The fraction of sp³-hybridized carbons (Fsp3) is 0.333. The third-order valence-electron chi connectivity index (χ3n) is 3.43. The summed E-state index contributed by atoms with van der Waals surface area (Å²) in [4.78, 5) is 11.7. The first-order valence-corrected chi connectivity index (χ1v) is 8.89. The number of amides is 1. The Hall–Kier alpha value is -2.15. The minimum Gasteiger partial charge on any atom is -0.355 e. The van der Waals surface area contributed by atoms with Gasteiger partial charge >= 0.3 is 0 Å². The zero-order chi connectivity index (χ0) is 16.2. The van der Waals surface area contributed by atoms with E-state index in [2.05, 4.69) is 10.4 Å². The molecule has 1 aromatic carbocycles. The smallest absolute Gasteiger partial charge is 0.238 e. The van der Waals surface area contributed by atoms with Crippen LogP contribution >= 0.6 is 0 Å². The van der Waals surface area contributed by atoms with Gasteiger partial charge in [-0.25, -0.2) is 13.1 Å². The van der Waals surface area contributed by atoms with Crippen LogP contribution < -0.4 is 5.32 Å². The fourth-order valence-corrected chi connectivity index (χ4v) is 2.38. The van der Waals surface area contributed by atoms with Gasteiger partial charge in [0, 0.05) is 25.2 Å². The first-order valence-electron chi connectivity index (χ1n) is 6.93. The average Bonchev–Trinajstić information content (AvgIpc) is 3.00. The maximum absolute atomic E-state index is 11.7. The Morgan fingerprint density at radius 3 is 2.55 bits per heavy atom.